The Hall–Kier alpha value is -2.41. The van der Waals surface area contributed by atoms with E-state index in [1.807, 2.05) is 18.4 Å². The summed E-state index contributed by atoms with van der Waals surface area (Å²) in [5, 5.41) is 1.60. The van der Waals surface area contributed by atoms with Gasteiger partial charge in [0, 0.05) is 12.0 Å². The fourth-order valence-electron chi connectivity index (χ4n) is 3.87. The highest BCUT2D eigenvalue weighted by molar-refractivity contribution is 8.15. The van der Waals surface area contributed by atoms with Gasteiger partial charge < -0.3 is 4.90 Å². The standard InChI is InChI=1S/C20H18F2N2O2S/c1-20-7-8-24(11-12-5-6-14(21)15(22)9-12)17(20)4-2-3-13(20)10-16-18(25)23-19(26)27-16/h2-9,16-17H,10-11H2,1H3,(H,23,25,26). The third kappa shape index (κ3) is 3.20. The van der Waals surface area contributed by atoms with Crippen LogP contribution >= 0.6 is 11.8 Å². The molecule has 1 saturated heterocycles. The molecule has 0 radical (unpaired) electrons. The monoisotopic (exact) mass is 388 g/mol. The van der Waals surface area contributed by atoms with Gasteiger partial charge in [-0.3, -0.25) is 14.9 Å². The second-order valence-corrected chi connectivity index (χ2v) is 8.30. The highest BCUT2D eigenvalue weighted by Crippen LogP contribution is 2.46. The Bertz CT molecular complexity index is 911. The lowest BCUT2D eigenvalue weighted by Crippen LogP contribution is -2.40. The van der Waals surface area contributed by atoms with Crippen molar-refractivity contribution in [3.8, 4) is 0 Å². The molecular weight excluding hydrogens is 370 g/mol. The van der Waals surface area contributed by atoms with Crippen LogP contribution in [0.1, 0.15) is 18.9 Å². The number of amides is 2. The molecule has 4 rings (SSSR count). The molecule has 2 aliphatic heterocycles. The molecular formula is C20H18F2N2O2S. The molecule has 3 atom stereocenters. The first-order chi connectivity index (χ1) is 12.9. The maximum atomic E-state index is 13.5. The van der Waals surface area contributed by atoms with Gasteiger partial charge in [-0.1, -0.05) is 47.7 Å². The number of thioether (sulfide) groups is 1. The molecule has 7 heteroatoms. The number of imide groups is 1. The molecule has 0 bridgehead atoms. The number of rotatable bonds is 4. The minimum atomic E-state index is -0.856. The Morgan fingerprint density at radius 2 is 2.07 bits per heavy atom. The zero-order chi connectivity index (χ0) is 19.2. The average Bonchev–Trinajstić information content (AvgIpc) is 3.11. The van der Waals surface area contributed by atoms with E-state index >= 15 is 0 Å². The van der Waals surface area contributed by atoms with Gasteiger partial charge in [-0.25, -0.2) is 8.78 Å². The molecule has 0 spiro atoms. The van der Waals surface area contributed by atoms with Crippen molar-refractivity contribution in [3.63, 3.8) is 0 Å². The molecule has 1 fully saturated rings. The van der Waals surface area contributed by atoms with Gasteiger partial charge in [-0.2, -0.15) is 0 Å². The van der Waals surface area contributed by atoms with E-state index in [1.54, 1.807) is 6.07 Å². The summed E-state index contributed by atoms with van der Waals surface area (Å²) in [7, 11) is 0. The van der Waals surface area contributed by atoms with E-state index in [0.29, 0.717) is 18.5 Å². The zero-order valence-electron chi connectivity index (χ0n) is 14.6. The van der Waals surface area contributed by atoms with Gasteiger partial charge in [0.15, 0.2) is 11.6 Å². The minimum absolute atomic E-state index is 0.00998. The van der Waals surface area contributed by atoms with E-state index in [1.165, 1.54) is 6.07 Å². The van der Waals surface area contributed by atoms with Crippen LogP contribution in [-0.4, -0.2) is 27.3 Å². The van der Waals surface area contributed by atoms with Crippen molar-refractivity contribution in [1.29, 1.82) is 0 Å². The molecule has 3 aliphatic rings. The van der Waals surface area contributed by atoms with Crippen molar-refractivity contribution < 1.29 is 18.4 Å². The zero-order valence-corrected chi connectivity index (χ0v) is 15.4. The number of nitrogens with zero attached hydrogens (tertiary/aromatic N) is 1. The largest absolute Gasteiger partial charge is 0.366 e. The maximum absolute atomic E-state index is 13.5. The van der Waals surface area contributed by atoms with Crippen LogP contribution in [-0.2, 0) is 11.3 Å². The molecule has 2 heterocycles. The molecule has 0 aromatic heterocycles. The van der Waals surface area contributed by atoms with Crippen molar-refractivity contribution in [2.75, 3.05) is 0 Å². The summed E-state index contributed by atoms with van der Waals surface area (Å²) in [6.07, 6.45) is 10.5. The van der Waals surface area contributed by atoms with Crippen LogP contribution in [0.15, 0.2) is 54.3 Å². The first kappa shape index (κ1) is 18.0. The lowest BCUT2D eigenvalue weighted by Gasteiger charge is -2.39. The van der Waals surface area contributed by atoms with Gasteiger partial charge in [-0.05, 0) is 37.2 Å². The molecule has 3 unspecified atom stereocenters. The molecule has 4 nitrogen and oxygen atoms in total. The van der Waals surface area contributed by atoms with E-state index in [4.69, 9.17) is 0 Å². The summed E-state index contributed by atoms with van der Waals surface area (Å²) in [6, 6.07) is 3.94. The SMILES string of the molecule is CC12C=CN(Cc3ccc(F)c(F)c3)C1C=CC=C2CC1SC(=O)NC1=O. The van der Waals surface area contributed by atoms with Crippen molar-refractivity contribution >= 4 is 22.9 Å². The van der Waals surface area contributed by atoms with Crippen LogP contribution in [0.3, 0.4) is 0 Å². The third-order valence-electron chi connectivity index (χ3n) is 5.39. The number of benzene rings is 1. The van der Waals surface area contributed by atoms with Gasteiger partial charge in [0.25, 0.3) is 5.24 Å². The molecule has 0 saturated carbocycles. The van der Waals surface area contributed by atoms with E-state index < -0.39 is 16.9 Å². The number of nitrogens with one attached hydrogen (secondary N) is 1. The number of carbonyl (C=O) groups is 2. The number of hydrogen-bond acceptors (Lipinski definition) is 4. The summed E-state index contributed by atoms with van der Waals surface area (Å²) in [4.78, 5) is 25.4. The molecule has 140 valence electrons. The minimum Gasteiger partial charge on any atom is -0.366 e. The number of halogens is 2. The Kier molecular flexibility index (Phi) is 4.42. The fourth-order valence-corrected chi connectivity index (χ4v) is 4.71. The van der Waals surface area contributed by atoms with Gasteiger partial charge in [0.1, 0.15) is 0 Å². The highest BCUT2D eigenvalue weighted by Gasteiger charge is 2.44. The Labute approximate surface area is 160 Å². The molecule has 1 N–H and O–H groups in total. The van der Waals surface area contributed by atoms with E-state index in [0.717, 1.165) is 23.4 Å². The number of allylic oxidation sites excluding steroid dienone is 2. The number of fused-ring (bicyclic) bond motifs is 1. The van der Waals surface area contributed by atoms with Crippen molar-refractivity contribution in [3.05, 3.63) is 71.5 Å². The Morgan fingerprint density at radius 3 is 2.78 bits per heavy atom. The summed E-state index contributed by atoms with van der Waals surface area (Å²) in [5.41, 5.74) is 1.44. The van der Waals surface area contributed by atoms with E-state index in [2.05, 4.69) is 29.3 Å². The van der Waals surface area contributed by atoms with E-state index in [9.17, 15) is 18.4 Å². The smallest absolute Gasteiger partial charge is 0.286 e. The maximum Gasteiger partial charge on any atom is 0.286 e. The summed E-state index contributed by atoms with van der Waals surface area (Å²) < 4.78 is 26.7. The van der Waals surface area contributed by atoms with Crippen molar-refractivity contribution in [1.82, 2.24) is 10.2 Å². The van der Waals surface area contributed by atoms with Crippen LogP contribution in [0.4, 0.5) is 13.6 Å². The van der Waals surface area contributed by atoms with Crippen molar-refractivity contribution in [2.45, 2.75) is 31.2 Å². The van der Waals surface area contributed by atoms with Crippen LogP contribution in [0, 0.1) is 17.0 Å². The molecule has 1 aromatic rings. The summed E-state index contributed by atoms with van der Waals surface area (Å²) in [6.45, 7) is 2.54. The highest BCUT2D eigenvalue weighted by atomic mass is 32.2. The first-order valence-corrected chi connectivity index (χ1v) is 9.53. The van der Waals surface area contributed by atoms with Crippen LogP contribution in [0.5, 0.6) is 0 Å². The molecule has 1 aliphatic carbocycles. The van der Waals surface area contributed by atoms with E-state index in [-0.39, 0.29) is 22.6 Å². The summed E-state index contributed by atoms with van der Waals surface area (Å²) in [5.74, 6) is -1.96. The summed E-state index contributed by atoms with van der Waals surface area (Å²) >= 11 is 1.03. The molecule has 2 amide bonds. The average molecular weight is 388 g/mol. The quantitative estimate of drug-likeness (QED) is 0.850. The van der Waals surface area contributed by atoms with Crippen molar-refractivity contribution in [2.24, 2.45) is 5.41 Å². The molecule has 1 aromatic carbocycles. The lowest BCUT2D eigenvalue weighted by molar-refractivity contribution is -0.119. The second kappa shape index (κ2) is 6.64. The third-order valence-corrected chi connectivity index (χ3v) is 6.37. The van der Waals surface area contributed by atoms with Gasteiger partial charge in [0.2, 0.25) is 5.91 Å². The van der Waals surface area contributed by atoms with Gasteiger partial charge >= 0.3 is 0 Å². The van der Waals surface area contributed by atoms with Gasteiger partial charge in [-0.15, -0.1) is 0 Å². The Morgan fingerprint density at radius 1 is 1.26 bits per heavy atom. The number of carbonyl (C=O) groups excluding carboxylic acids is 2. The van der Waals surface area contributed by atoms with Crippen LogP contribution in [0.25, 0.3) is 0 Å². The van der Waals surface area contributed by atoms with Gasteiger partial charge in [0.05, 0.1) is 11.3 Å². The topological polar surface area (TPSA) is 49.4 Å². The first-order valence-electron chi connectivity index (χ1n) is 8.65. The second-order valence-electron chi connectivity index (χ2n) is 7.13. The normalized spacial score (nSPS) is 29.1. The Balaban J connectivity index is 1.52. The predicted molar refractivity (Wildman–Crippen MR) is 99.7 cm³/mol. The van der Waals surface area contributed by atoms with Crippen LogP contribution < -0.4 is 5.32 Å². The fraction of sp³-hybridized carbons (Fsp3) is 0.300. The predicted octanol–water partition coefficient (Wildman–Crippen LogP) is 3.91. The lowest BCUT2D eigenvalue weighted by atomic mass is 9.72. The van der Waals surface area contributed by atoms with Crippen LogP contribution in [0.2, 0.25) is 0 Å². The number of hydrogen-bond donors (Lipinski definition) is 1. The molecule has 27 heavy (non-hydrogen) atoms.